The first-order valence-electron chi connectivity index (χ1n) is 7.01. The number of aryl methyl sites for hydroxylation is 2. The van der Waals surface area contributed by atoms with Crippen LogP contribution < -0.4 is 5.32 Å². The molecule has 2 aromatic heterocycles. The summed E-state index contributed by atoms with van der Waals surface area (Å²) in [5, 5.41) is 13.0. The van der Waals surface area contributed by atoms with E-state index in [0.717, 1.165) is 26.5 Å². The van der Waals surface area contributed by atoms with Crippen molar-refractivity contribution in [2.24, 2.45) is 0 Å². The predicted molar refractivity (Wildman–Crippen MR) is 97.9 cm³/mol. The van der Waals surface area contributed by atoms with E-state index >= 15 is 0 Å². The van der Waals surface area contributed by atoms with E-state index in [-0.39, 0.29) is 0 Å². The first-order chi connectivity index (χ1) is 11.1. The van der Waals surface area contributed by atoms with Crippen molar-refractivity contribution in [2.45, 2.75) is 23.9 Å². The first kappa shape index (κ1) is 16.2. The van der Waals surface area contributed by atoms with Gasteiger partial charge in [0.25, 0.3) is 0 Å². The first-order valence-corrected chi connectivity index (χ1v) is 9.19. The molecule has 3 aromatic rings. The normalized spacial score (nSPS) is 10.7. The van der Waals surface area contributed by atoms with Crippen LogP contribution in [0.2, 0.25) is 5.15 Å². The van der Waals surface area contributed by atoms with E-state index < -0.39 is 0 Å². The van der Waals surface area contributed by atoms with Crippen LogP contribution >= 0.6 is 34.7 Å². The van der Waals surface area contributed by atoms with E-state index in [4.69, 9.17) is 11.6 Å². The Morgan fingerprint density at radius 3 is 2.74 bits per heavy atom. The molecule has 3 rings (SSSR count). The van der Waals surface area contributed by atoms with Crippen LogP contribution in [0.5, 0.6) is 0 Å². The van der Waals surface area contributed by atoms with Crippen molar-refractivity contribution in [3.63, 3.8) is 0 Å². The second-order valence-electron chi connectivity index (χ2n) is 5.08. The zero-order valence-corrected chi connectivity index (χ0v) is 15.1. The van der Waals surface area contributed by atoms with Gasteiger partial charge in [-0.25, -0.2) is 4.98 Å². The topological polar surface area (TPSA) is 50.7 Å². The maximum atomic E-state index is 5.78. The van der Waals surface area contributed by atoms with Crippen LogP contribution in [0.25, 0.3) is 0 Å². The number of halogens is 1. The third-order valence-electron chi connectivity index (χ3n) is 3.32. The van der Waals surface area contributed by atoms with Crippen LogP contribution in [0.15, 0.2) is 40.9 Å². The van der Waals surface area contributed by atoms with Gasteiger partial charge >= 0.3 is 0 Å². The minimum absolute atomic E-state index is 0.509. The molecule has 0 saturated heterocycles. The number of benzene rings is 1. The van der Waals surface area contributed by atoms with Crippen molar-refractivity contribution in [3.05, 3.63) is 58.4 Å². The van der Waals surface area contributed by atoms with Gasteiger partial charge in [0, 0.05) is 17.6 Å². The summed E-state index contributed by atoms with van der Waals surface area (Å²) < 4.78 is 0.922. The number of nitrogens with one attached hydrogen (secondary N) is 1. The number of hydrogen-bond donors (Lipinski definition) is 1. The molecule has 23 heavy (non-hydrogen) atoms. The number of nitrogens with zero attached hydrogens (tertiary/aromatic N) is 3. The molecular weight excluding hydrogens is 348 g/mol. The van der Waals surface area contributed by atoms with Gasteiger partial charge in [0.15, 0.2) is 4.34 Å². The molecular formula is C16H15ClN4S2. The molecule has 0 aliphatic heterocycles. The number of hydrogen-bond acceptors (Lipinski definition) is 6. The summed E-state index contributed by atoms with van der Waals surface area (Å²) in [5.74, 6) is 0.794. The average Bonchev–Trinajstić information content (AvgIpc) is 2.98. The maximum absolute atomic E-state index is 5.78. The average molecular weight is 363 g/mol. The second kappa shape index (κ2) is 7.29. The van der Waals surface area contributed by atoms with E-state index in [0.29, 0.717) is 5.15 Å². The molecule has 0 bridgehead atoms. The molecule has 0 spiro atoms. The summed E-state index contributed by atoms with van der Waals surface area (Å²) in [5.41, 5.74) is 4.67. The molecule has 4 nitrogen and oxygen atoms in total. The Hall–Kier alpha value is -1.63. The van der Waals surface area contributed by atoms with Crippen LogP contribution in [0, 0.1) is 13.8 Å². The summed E-state index contributed by atoms with van der Waals surface area (Å²) in [6.45, 7) is 4.20. The van der Waals surface area contributed by atoms with Crippen LogP contribution in [0.1, 0.15) is 16.7 Å². The summed E-state index contributed by atoms with van der Waals surface area (Å²) in [6.07, 6.45) is 1.78. The van der Waals surface area contributed by atoms with Gasteiger partial charge in [-0.3, -0.25) is 0 Å². The minimum atomic E-state index is 0.509. The quantitative estimate of drug-likeness (QED) is 0.497. The summed E-state index contributed by atoms with van der Waals surface area (Å²) >= 11 is 8.97. The standard InChI is InChI=1S/C16H15ClN4S2/c1-10-3-5-13(7-11(10)2)19-15-20-21-16(23-15)22-9-12-4-6-14(17)18-8-12/h3-8H,9H2,1-2H3,(H,19,20). The SMILES string of the molecule is Cc1ccc(Nc2nnc(SCc3ccc(Cl)nc3)s2)cc1C. The summed E-state index contributed by atoms with van der Waals surface area (Å²) in [7, 11) is 0. The highest BCUT2D eigenvalue weighted by Gasteiger charge is 2.06. The lowest BCUT2D eigenvalue weighted by Gasteiger charge is -2.05. The van der Waals surface area contributed by atoms with Gasteiger partial charge < -0.3 is 5.32 Å². The number of aromatic nitrogens is 3. The summed E-state index contributed by atoms with van der Waals surface area (Å²) in [6, 6.07) is 10.0. The molecule has 0 aliphatic rings. The van der Waals surface area contributed by atoms with Crippen molar-refractivity contribution in [1.29, 1.82) is 0 Å². The Morgan fingerprint density at radius 2 is 2.00 bits per heavy atom. The monoisotopic (exact) mass is 362 g/mol. The fraction of sp³-hybridized carbons (Fsp3) is 0.188. The van der Waals surface area contributed by atoms with E-state index in [9.17, 15) is 0 Å². The third kappa shape index (κ3) is 4.43. The molecule has 118 valence electrons. The molecule has 1 aromatic carbocycles. The smallest absolute Gasteiger partial charge is 0.210 e. The minimum Gasteiger partial charge on any atom is -0.330 e. The highest BCUT2D eigenvalue weighted by atomic mass is 35.5. The lowest BCUT2D eigenvalue weighted by atomic mass is 10.1. The van der Waals surface area contributed by atoms with Crippen LogP contribution in [0.3, 0.4) is 0 Å². The van der Waals surface area contributed by atoms with Gasteiger partial charge in [0.1, 0.15) is 5.15 Å². The molecule has 0 amide bonds. The number of anilines is 2. The van der Waals surface area contributed by atoms with Crippen molar-refractivity contribution < 1.29 is 0 Å². The molecule has 0 unspecified atom stereocenters. The number of rotatable bonds is 5. The predicted octanol–water partition coefficient (Wildman–Crippen LogP) is 5.24. The lowest BCUT2D eigenvalue weighted by Crippen LogP contribution is -1.91. The molecule has 2 heterocycles. The van der Waals surface area contributed by atoms with E-state index in [1.165, 1.54) is 11.1 Å². The lowest BCUT2D eigenvalue weighted by molar-refractivity contribution is 1.01. The Kier molecular flexibility index (Phi) is 5.15. The van der Waals surface area contributed by atoms with Gasteiger partial charge in [0.05, 0.1) is 0 Å². The highest BCUT2D eigenvalue weighted by molar-refractivity contribution is 8.00. The molecule has 0 fully saturated rings. The van der Waals surface area contributed by atoms with Crippen molar-refractivity contribution in [2.75, 3.05) is 5.32 Å². The van der Waals surface area contributed by atoms with Gasteiger partial charge in [0.2, 0.25) is 5.13 Å². The zero-order valence-electron chi connectivity index (χ0n) is 12.7. The number of thioether (sulfide) groups is 1. The third-order valence-corrected chi connectivity index (χ3v) is 5.58. The van der Waals surface area contributed by atoms with Crippen LogP contribution in [-0.4, -0.2) is 15.2 Å². The van der Waals surface area contributed by atoms with Gasteiger partial charge in [-0.2, -0.15) is 0 Å². The second-order valence-corrected chi connectivity index (χ2v) is 7.66. The fourth-order valence-corrected chi connectivity index (χ4v) is 3.72. The Labute approximate surface area is 148 Å². The maximum Gasteiger partial charge on any atom is 0.210 e. The van der Waals surface area contributed by atoms with E-state index in [1.54, 1.807) is 35.4 Å². The molecule has 7 heteroatoms. The van der Waals surface area contributed by atoms with E-state index in [2.05, 4.69) is 52.5 Å². The molecule has 0 aliphatic carbocycles. The van der Waals surface area contributed by atoms with Crippen LogP contribution in [0.4, 0.5) is 10.8 Å². The largest absolute Gasteiger partial charge is 0.330 e. The highest BCUT2D eigenvalue weighted by Crippen LogP contribution is 2.30. The molecule has 0 radical (unpaired) electrons. The Balaban J connectivity index is 1.61. The molecule has 1 N–H and O–H groups in total. The van der Waals surface area contributed by atoms with Gasteiger partial charge in [-0.15, -0.1) is 10.2 Å². The molecule has 0 saturated carbocycles. The Bertz CT molecular complexity index is 802. The van der Waals surface area contributed by atoms with Crippen molar-refractivity contribution in [1.82, 2.24) is 15.2 Å². The van der Waals surface area contributed by atoms with Crippen LogP contribution in [-0.2, 0) is 5.75 Å². The van der Waals surface area contributed by atoms with Gasteiger partial charge in [-0.1, -0.05) is 46.8 Å². The van der Waals surface area contributed by atoms with E-state index in [1.807, 2.05) is 6.07 Å². The van der Waals surface area contributed by atoms with Gasteiger partial charge in [-0.05, 0) is 48.7 Å². The molecule has 0 atom stereocenters. The summed E-state index contributed by atoms with van der Waals surface area (Å²) in [4.78, 5) is 4.07. The Morgan fingerprint density at radius 1 is 1.13 bits per heavy atom. The van der Waals surface area contributed by atoms with Crippen molar-refractivity contribution >= 4 is 45.5 Å². The zero-order chi connectivity index (χ0) is 16.2. The van der Waals surface area contributed by atoms with Crippen molar-refractivity contribution in [3.8, 4) is 0 Å². The number of pyridine rings is 1. The fourth-order valence-electron chi connectivity index (χ4n) is 1.90.